The zero-order valence-corrected chi connectivity index (χ0v) is 34.5. The van der Waals surface area contributed by atoms with Gasteiger partial charge in [0.1, 0.15) is 5.69 Å². The van der Waals surface area contributed by atoms with Gasteiger partial charge >= 0.3 is 0 Å². The van der Waals surface area contributed by atoms with E-state index in [9.17, 15) is 0 Å². The molecule has 0 saturated heterocycles. The minimum atomic E-state index is -3.13. The lowest BCUT2D eigenvalue weighted by molar-refractivity contribution is 0.592. The van der Waals surface area contributed by atoms with E-state index in [0.29, 0.717) is 5.82 Å². The predicted octanol–water partition coefficient (Wildman–Crippen LogP) is 13.3. The average molecular weight is 812 g/mol. The quantitative estimate of drug-likeness (QED) is 0.113. The molecule has 0 aliphatic rings. The Balaban J connectivity index is 1.06. The highest BCUT2D eigenvalue weighted by atomic mass is 31.2. The van der Waals surface area contributed by atoms with E-state index in [-0.39, 0.29) is 0 Å². The van der Waals surface area contributed by atoms with Crippen LogP contribution >= 0.6 is 7.14 Å². The maximum absolute atomic E-state index is 15.2. The van der Waals surface area contributed by atoms with Crippen LogP contribution < -0.4 is 15.9 Å². The van der Waals surface area contributed by atoms with Gasteiger partial charge in [-0.25, -0.2) is 15.0 Å². The summed E-state index contributed by atoms with van der Waals surface area (Å²) in [5.41, 5.74) is 9.74. The monoisotopic (exact) mass is 811 g/mol. The number of hydrogen-bond donors (Lipinski definition) is 0. The van der Waals surface area contributed by atoms with Gasteiger partial charge in [-0.2, -0.15) is 0 Å². The van der Waals surface area contributed by atoms with Gasteiger partial charge in [0.05, 0.1) is 16.9 Å². The Bertz CT molecular complexity index is 3380. The molecular weight excluding hydrogens is 774 g/mol. The molecule has 0 aliphatic heterocycles. The molecule has 0 N–H and O–H groups in total. The number of hydrogen-bond acceptors (Lipinski definition) is 4. The van der Waals surface area contributed by atoms with Crippen molar-refractivity contribution >= 4 is 55.5 Å². The van der Waals surface area contributed by atoms with Gasteiger partial charge in [-0.15, -0.1) is 0 Å². The Morgan fingerprint density at radius 2 is 0.774 bits per heavy atom. The van der Waals surface area contributed by atoms with Crippen molar-refractivity contribution in [2.24, 2.45) is 0 Å². The normalized spacial score (nSPS) is 11.6. The number of aromatic nitrogens is 3. The zero-order chi connectivity index (χ0) is 41.5. The third-order valence-corrected chi connectivity index (χ3v) is 14.8. The molecule has 2 aromatic heterocycles. The summed E-state index contributed by atoms with van der Waals surface area (Å²) < 4.78 is 15.2. The molecule has 0 aliphatic carbocycles. The molecule has 0 saturated carbocycles. The third kappa shape index (κ3) is 6.59. The average Bonchev–Trinajstić information content (AvgIpc) is 3.36. The van der Waals surface area contributed by atoms with E-state index in [1.807, 2.05) is 103 Å². The molecule has 292 valence electrons. The summed E-state index contributed by atoms with van der Waals surface area (Å²) in [4.78, 5) is 15.2. The largest absolute Gasteiger partial charge is 0.309 e. The Kier molecular flexibility index (Phi) is 9.41. The maximum Gasteiger partial charge on any atom is 0.179 e. The molecule has 5 heteroatoms. The molecule has 0 radical (unpaired) electrons. The van der Waals surface area contributed by atoms with Gasteiger partial charge in [-0.05, 0) is 68.1 Å². The highest BCUT2D eigenvalue weighted by molar-refractivity contribution is 7.85. The summed E-state index contributed by atoms with van der Waals surface area (Å²) >= 11 is 0. The molecule has 0 bridgehead atoms. The lowest BCUT2D eigenvalue weighted by Gasteiger charge is -2.21. The molecule has 0 fully saturated rings. The first-order chi connectivity index (χ1) is 30.6. The SMILES string of the molecule is O=P(c1ccccc1)(c1ccccc1)c1ccc(-c2c3ccccc3c(-c3cccc(-c4cc(-c5ccccc5)nc(-c5ccc6ccccc6n5)n4)c3)c3ccccc23)cc1. The van der Waals surface area contributed by atoms with Crippen molar-refractivity contribution in [2.75, 3.05) is 0 Å². The first kappa shape index (κ1) is 37.2. The molecule has 9 aromatic carbocycles. The topological polar surface area (TPSA) is 55.7 Å². The number of fused-ring (bicyclic) bond motifs is 3. The first-order valence-electron chi connectivity index (χ1n) is 20.8. The van der Waals surface area contributed by atoms with Crippen molar-refractivity contribution in [3.05, 3.63) is 231 Å². The molecule has 0 amide bonds. The molecule has 11 rings (SSSR count). The van der Waals surface area contributed by atoms with Gasteiger partial charge in [0, 0.05) is 32.4 Å². The second kappa shape index (κ2) is 15.7. The smallest absolute Gasteiger partial charge is 0.179 e. The van der Waals surface area contributed by atoms with Crippen molar-refractivity contribution in [3.63, 3.8) is 0 Å². The van der Waals surface area contributed by atoms with E-state index < -0.39 is 7.14 Å². The van der Waals surface area contributed by atoms with Crippen molar-refractivity contribution in [2.45, 2.75) is 0 Å². The fourth-order valence-electron chi connectivity index (χ4n) is 8.80. The molecule has 0 unspecified atom stereocenters. The second-order valence-corrected chi connectivity index (χ2v) is 18.2. The summed E-state index contributed by atoms with van der Waals surface area (Å²) in [6.45, 7) is 0. The summed E-state index contributed by atoms with van der Waals surface area (Å²) in [5, 5.41) is 8.11. The number of pyridine rings is 1. The van der Waals surface area contributed by atoms with Crippen LogP contribution in [0.2, 0.25) is 0 Å². The Morgan fingerprint density at radius 1 is 0.306 bits per heavy atom. The van der Waals surface area contributed by atoms with Crippen molar-refractivity contribution in [1.29, 1.82) is 0 Å². The third-order valence-electron chi connectivity index (χ3n) is 11.8. The summed E-state index contributed by atoms with van der Waals surface area (Å²) in [6.07, 6.45) is 0. The molecule has 0 atom stereocenters. The van der Waals surface area contributed by atoms with E-state index in [2.05, 4.69) is 127 Å². The fourth-order valence-corrected chi connectivity index (χ4v) is 11.4. The molecule has 0 spiro atoms. The van der Waals surface area contributed by atoms with Gasteiger partial charge in [-0.3, -0.25) is 0 Å². The molecular formula is C57H38N3OP. The number of rotatable bonds is 8. The van der Waals surface area contributed by atoms with Crippen LogP contribution in [0.4, 0.5) is 0 Å². The summed E-state index contributed by atoms with van der Waals surface area (Å²) in [7, 11) is -3.13. The van der Waals surface area contributed by atoms with Crippen LogP contribution in [0.5, 0.6) is 0 Å². The Hall–Kier alpha value is -7.78. The van der Waals surface area contributed by atoms with Crippen molar-refractivity contribution in [3.8, 4) is 56.3 Å². The fraction of sp³-hybridized carbons (Fsp3) is 0. The predicted molar refractivity (Wildman–Crippen MR) is 259 cm³/mol. The van der Waals surface area contributed by atoms with Crippen LogP contribution in [0.25, 0.3) is 88.7 Å². The number of para-hydroxylation sites is 1. The lowest BCUT2D eigenvalue weighted by atomic mass is 9.85. The van der Waals surface area contributed by atoms with Crippen LogP contribution in [-0.2, 0) is 4.57 Å². The van der Waals surface area contributed by atoms with Gasteiger partial charge in [0.25, 0.3) is 0 Å². The van der Waals surface area contributed by atoms with Crippen LogP contribution in [0.15, 0.2) is 231 Å². The van der Waals surface area contributed by atoms with E-state index >= 15 is 4.57 Å². The molecule has 4 nitrogen and oxygen atoms in total. The second-order valence-electron chi connectivity index (χ2n) is 15.5. The molecule has 62 heavy (non-hydrogen) atoms. The number of benzene rings is 9. The highest BCUT2D eigenvalue weighted by Crippen LogP contribution is 2.46. The Morgan fingerprint density at radius 3 is 1.39 bits per heavy atom. The van der Waals surface area contributed by atoms with Crippen LogP contribution in [-0.4, -0.2) is 15.0 Å². The van der Waals surface area contributed by atoms with Gasteiger partial charge in [0.2, 0.25) is 0 Å². The van der Waals surface area contributed by atoms with E-state index in [0.717, 1.165) is 98.8 Å². The van der Waals surface area contributed by atoms with Crippen molar-refractivity contribution in [1.82, 2.24) is 15.0 Å². The first-order valence-corrected chi connectivity index (χ1v) is 22.5. The summed E-state index contributed by atoms with van der Waals surface area (Å²) in [6, 6.07) is 78.7. The summed E-state index contributed by atoms with van der Waals surface area (Å²) in [5.74, 6) is 0.577. The van der Waals surface area contributed by atoms with Crippen LogP contribution in [0.3, 0.4) is 0 Å². The minimum absolute atomic E-state index is 0.577. The molecule has 2 heterocycles. The van der Waals surface area contributed by atoms with Crippen molar-refractivity contribution < 1.29 is 4.57 Å². The van der Waals surface area contributed by atoms with Gasteiger partial charge in [-0.1, -0.05) is 206 Å². The molecule has 11 aromatic rings. The van der Waals surface area contributed by atoms with Crippen LogP contribution in [0, 0.1) is 0 Å². The van der Waals surface area contributed by atoms with E-state index in [1.165, 1.54) is 0 Å². The zero-order valence-electron chi connectivity index (χ0n) is 33.6. The van der Waals surface area contributed by atoms with Gasteiger partial charge < -0.3 is 4.57 Å². The van der Waals surface area contributed by atoms with E-state index in [4.69, 9.17) is 15.0 Å². The standard InChI is InChI=1S/C57H38N3OP/c61-62(44-22-6-2-7-23-44,45-24-8-3-9-25-45)46-34-31-41(32-35-46)55-47-26-11-13-28-49(47)56(50-29-14-12-27-48(50)55)43-21-16-20-42(37-43)54-38-53(39-17-4-1-5-18-39)59-57(60-54)52-36-33-40-19-10-15-30-51(40)58-52/h1-38H. The van der Waals surface area contributed by atoms with E-state index in [1.54, 1.807) is 0 Å². The highest BCUT2D eigenvalue weighted by Gasteiger charge is 2.29. The lowest BCUT2D eigenvalue weighted by Crippen LogP contribution is -2.24. The maximum atomic E-state index is 15.2. The Labute approximate surface area is 360 Å². The number of nitrogens with zero attached hydrogens (tertiary/aromatic N) is 3. The minimum Gasteiger partial charge on any atom is -0.309 e. The van der Waals surface area contributed by atoms with Gasteiger partial charge in [0.15, 0.2) is 13.0 Å². The van der Waals surface area contributed by atoms with Crippen LogP contribution in [0.1, 0.15) is 0 Å².